The smallest absolute Gasteiger partial charge is 0.417 e. The van der Waals surface area contributed by atoms with Gasteiger partial charge in [0.05, 0.1) is 5.56 Å². The molecule has 0 spiro atoms. The van der Waals surface area contributed by atoms with Gasteiger partial charge in [-0.15, -0.1) is 0 Å². The van der Waals surface area contributed by atoms with Crippen LogP contribution in [0, 0.1) is 5.21 Å². The van der Waals surface area contributed by atoms with Gasteiger partial charge >= 0.3 is 6.18 Å². The highest BCUT2D eigenvalue weighted by molar-refractivity contribution is 7.89. The molecular weight excluding hydrogens is 545 g/mol. The number of pyridine rings is 1. The van der Waals surface area contributed by atoms with Gasteiger partial charge in [-0.25, -0.2) is 28.1 Å². The Hall–Kier alpha value is -3.58. The second kappa shape index (κ2) is 12.7. The van der Waals surface area contributed by atoms with Gasteiger partial charge in [0, 0.05) is 70.1 Å². The second-order valence-electron chi connectivity index (χ2n) is 9.56. The van der Waals surface area contributed by atoms with E-state index in [1.54, 1.807) is 42.4 Å². The van der Waals surface area contributed by atoms with Crippen LogP contribution >= 0.6 is 0 Å². The lowest BCUT2D eigenvalue weighted by molar-refractivity contribution is -0.496. The monoisotopic (exact) mass is 576 g/mol. The fourth-order valence-corrected chi connectivity index (χ4v) is 6.31. The Kier molecular flexibility index (Phi) is 9.36. The van der Waals surface area contributed by atoms with Crippen LogP contribution in [0.15, 0.2) is 67.1 Å². The first kappa shape index (κ1) is 29.4. The van der Waals surface area contributed by atoms with Gasteiger partial charge in [0.1, 0.15) is 17.4 Å². The maximum absolute atomic E-state index is 13.5. The zero-order chi connectivity index (χ0) is 28.8. The molecule has 13 heteroatoms. The standard InChI is InChI=1S/C27H31F3N6O3S/c1-21(22-7-3-2-4-8-22)36(37)24(9-5-10-25-31-13-6-14-32-25)20-40(38,39)35-17-15-34(16-18-35)26-12-11-23(19-33-26)27(28,29)30/h2-4,6-8,11-14,19,24H,5,9-10,15-18,20H2,1H3/b36-21+. The molecule has 0 radical (unpaired) electrons. The fourth-order valence-electron chi connectivity index (χ4n) is 4.59. The average molecular weight is 577 g/mol. The van der Waals surface area contributed by atoms with Gasteiger partial charge in [-0.3, -0.25) is 0 Å². The van der Waals surface area contributed by atoms with Crippen molar-refractivity contribution in [1.82, 2.24) is 19.3 Å². The highest BCUT2D eigenvalue weighted by atomic mass is 32.2. The minimum absolute atomic E-state index is 0.135. The summed E-state index contributed by atoms with van der Waals surface area (Å²) in [6, 6.07) is 12.2. The average Bonchev–Trinajstić information content (AvgIpc) is 2.96. The molecule has 1 fully saturated rings. The molecule has 1 saturated heterocycles. The molecule has 1 aliphatic rings. The van der Waals surface area contributed by atoms with Crippen molar-refractivity contribution in [2.75, 3.05) is 36.8 Å². The molecule has 3 heterocycles. The van der Waals surface area contributed by atoms with Crippen molar-refractivity contribution in [3.8, 4) is 0 Å². The zero-order valence-corrected chi connectivity index (χ0v) is 22.9. The SMILES string of the molecule is C/C(c1ccccc1)=[N+](\[O-])C(CCCc1ncccn1)CS(=O)(=O)N1CCN(c2ccc(C(F)(F)F)cn2)CC1. The van der Waals surface area contributed by atoms with Crippen molar-refractivity contribution in [2.45, 2.75) is 38.4 Å². The quantitative estimate of drug-likeness (QED) is 0.157. The summed E-state index contributed by atoms with van der Waals surface area (Å²) in [6.45, 7) is 2.48. The van der Waals surface area contributed by atoms with E-state index in [4.69, 9.17) is 0 Å². The summed E-state index contributed by atoms with van der Waals surface area (Å²) in [7, 11) is -3.82. The van der Waals surface area contributed by atoms with Crippen LogP contribution in [0.2, 0.25) is 0 Å². The third kappa shape index (κ3) is 7.54. The highest BCUT2D eigenvalue weighted by Crippen LogP contribution is 2.29. The lowest BCUT2D eigenvalue weighted by atomic mass is 10.1. The molecule has 2 aromatic heterocycles. The van der Waals surface area contributed by atoms with E-state index < -0.39 is 27.8 Å². The van der Waals surface area contributed by atoms with Crippen molar-refractivity contribution in [3.05, 3.63) is 89.3 Å². The molecule has 0 N–H and O–H groups in total. The van der Waals surface area contributed by atoms with Crippen molar-refractivity contribution < 1.29 is 26.3 Å². The molecule has 1 aromatic carbocycles. The number of halogens is 3. The highest BCUT2D eigenvalue weighted by Gasteiger charge is 2.34. The summed E-state index contributed by atoms with van der Waals surface area (Å²) in [5, 5.41) is 13.5. The molecule has 9 nitrogen and oxygen atoms in total. The van der Waals surface area contributed by atoms with Gasteiger partial charge in [0.25, 0.3) is 0 Å². The lowest BCUT2D eigenvalue weighted by Gasteiger charge is -2.35. The lowest BCUT2D eigenvalue weighted by Crippen LogP contribution is -2.51. The molecule has 1 unspecified atom stereocenters. The van der Waals surface area contributed by atoms with Gasteiger partial charge in [-0.05, 0) is 36.8 Å². The first-order chi connectivity index (χ1) is 19.0. The van der Waals surface area contributed by atoms with Crippen molar-refractivity contribution >= 4 is 21.6 Å². The molecular formula is C27H31F3N6O3S. The van der Waals surface area contributed by atoms with Gasteiger partial charge < -0.3 is 10.1 Å². The van der Waals surface area contributed by atoms with Gasteiger partial charge in [0.15, 0.2) is 11.8 Å². The van der Waals surface area contributed by atoms with Gasteiger partial charge in [-0.1, -0.05) is 18.2 Å². The Labute approximate surface area is 231 Å². The third-order valence-electron chi connectivity index (χ3n) is 6.84. The van der Waals surface area contributed by atoms with Crippen LogP contribution in [0.1, 0.15) is 36.7 Å². The minimum atomic E-state index is -4.48. The van der Waals surface area contributed by atoms with Crippen molar-refractivity contribution in [3.63, 3.8) is 0 Å². The Morgan fingerprint density at radius 2 is 1.68 bits per heavy atom. The van der Waals surface area contributed by atoms with Crippen LogP contribution in [0.25, 0.3) is 0 Å². The zero-order valence-electron chi connectivity index (χ0n) is 22.0. The number of aromatic nitrogens is 3. The van der Waals surface area contributed by atoms with E-state index in [9.17, 15) is 26.8 Å². The van der Waals surface area contributed by atoms with E-state index in [1.807, 2.05) is 18.2 Å². The van der Waals surface area contributed by atoms with Crippen molar-refractivity contribution in [2.24, 2.45) is 0 Å². The maximum Gasteiger partial charge on any atom is 0.417 e. The molecule has 0 aliphatic carbocycles. The predicted octanol–water partition coefficient (Wildman–Crippen LogP) is 3.75. The molecule has 214 valence electrons. The third-order valence-corrected chi connectivity index (χ3v) is 8.80. The van der Waals surface area contributed by atoms with E-state index in [1.165, 1.54) is 10.4 Å². The van der Waals surface area contributed by atoms with Crippen LogP contribution in [-0.2, 0) is 22.6 Å². The largest absolute Gasteiger partial charge is 0.623 e. The van der Waals surface area contributed by atoms with E-state index in [0.29, 0.717) is 42.2 Å². The van der Waals surface area contributed by atoms with E-state index in [0.717, 1.165) is 17.0 Å². The number of rotatable bonds is 10. The van der Waals surface area contributed by atoms with Crippen molar-refractivity contribution in [1.29, 1.82) is 0 Å². The van der Waals surface area contributed by atoms with E-state index in [-0.39, 0.29) is 31.9 Å². The maximum atomic E-state index is 13.5. The Morgan fingerprint density at radius 3 is 2.27 bits per heavy atom. The van der Waals surface area contributed by atoms with Crippen LogP contribution < -0.4 is 4.90 Å². The topological polar surface area (TPSA) is 105 Å². The molecule has 1 atom stereocenters. The van der Waals surface area contributed by atoms with Crippen LogP contribution in [0.3, 0.4) is 0 Å². The summed E-state index contributed by atoms with van der Waals surface area (Å²) in [6.07, 6.45) is 0.925. The molecule has 40 heavy (non-hydrogen) atoms. The number of anilines is 1. The number of benzene rings is 1. The van der Waals surface area contributed by atoms with Crippen LogP contribution in [-0.4, -0.2) is 76.1 Å². The predicted molar refractivity (Wildman–Crippen MR) is 145 cm³/mol. The van der Waals surface area contributed by atoms with Gasteiger partial charge in [-0.2, -0.15) is 17.5 Å². The molecule has 0 amide bonds. The first-order valence-electron chi connectivity index (χ1n) is 12.9. The normalized spacial score (nSPS) is 16.4. The number of hydrogen-bond acceptors (Lipinski definition) is 7. The second-order valence-corrected chi connectivity index (χ2v) is 11.6. The molecule has 4 rings (SSSR count). The Morgan fingerprint density at radius 1 is 1.00 bits per heavy atom. The summed E-state index contributed by atoms with van der Waals surface area (Å²) >= 11 is 0. The summed E-state index contributed by atoms with van der Waals surface area (Å²) < 4.78 is 67.6. The number of aryl methyl sites for hydroxylation is 1. The Balaban J connectivity index is 1.45. The Bertz CT molecular complexity index is 1380. The minimum Gasteiger partial charge on any atom is -0.623 e. The van der Waals surface area contributed by atoms with Crippen LogP contribution in [0.5, 0.6) is 0 Å². The number of sulfonamides is 1. The molecule has 0 bridgehead atoms. The fraction of sp³-hybridized carbons (Fsp3) is 0.407. The van der Waals surface area contributed by atoms with Gasteiger partial charge in [0.2, 0.25) is 10.0 Å². The number of hydrogen-bond donors (Lipinski definition) is 0. The van der Waals surface area contributed by atoms with E-state index in [2.05, 4.69) is 15.0 Å². The molecule has 3 aromatic rings. The number of alkyl halides is 3. The molecule has 1 aliphatic heterocycles. The number of hydroxylamine groups is 1. The summed E-state index contributed by atoms with van der Waals surface area (Å²) in [5.41, 5.74) is 0.297. The number of piperazine rings is 1. The summed E-state index contributed by atoms with van der Waals surface area (Å²) in [5.74, 6) is 0.609. The first-order valence-corrected chi connectivity index (χ1v) is 14.5. The number of nitrogens with zero attached hydrogens (tertiary/aromatic N) is 6. The van der Waals surface area contributed by atoms with Crippen LogP contribution in [0.4, 0.5) is 19.0 Å². The molecule has 0 saturated carbocycles. The van der Waals surface area contributed by atoms with E-state index >= 15 is 0 Å². The summed E-state index contributed by atoms with van der Waals surface area (Å²) in [4.78, 5) is 14.1.